The molecule has 0 aliphatic rings. The van der Waals surface area contributed by atoms with E-state index in [0.29, 0.717) is 24.0 Å². The molecule has 0 saturated heterocycles. The molecule has 7 heteroatoms. The Bertz CT molecular complexity index is 579. The monoisotopic (exact) mass is 476 g/mol. The van der Waals surface area contributed by atoms with Gasteiger partial charge >= 0.3 is 0 Å². The summed E-state index contributed by atoms with van der Waals surface area (Å²) in [5.41, 5.74) is 1.70. The van der Waals surface area contributed by atoms with Crippen LogP contribution in [0.1, 0.15) is 52.0 Å². The van der Waals surface area contributed by atoms with Crippen molar-refractivity contribution in [2.24, 2.45) is 4.99 Å². The molecular formula is C19H33IN4O2. The smallest absolute Gasteiger partial charge is 0.221 e. The molecule has 0 heterocycles. The van der Waals surface area contributed by atoms with E-state index in [4.69, 9.17) is 4.74 Å². The summed E-state index contributed by atoms with van der Waals surface area (Å²) >= 11 is 0. The van der Waals surface area contributed by atoms with Crippen LogP contribution in [0.4, 0.5) is 5.69 Å². The second-order valence-electron chi connectivity index (χ2n) is 6.18. The van der Waals surface area contributed by atoms with Crippen molar-refractivity contribution >= 4 is 41.5 Å². The van der Waals surface area contributed by atoms with Gasteiger partial charge in [0.25, 0.3) is 0 Å². The number of halogens is 1. The van der Waals surface area contributed by atoms with E-state index in [-0.39, 0.29) is 29.9 Å². The normalized spacial score (nSPS) is 12.0. The first-order valence-electron chi connectivity index (χ1n) is 8.91. The van der Waals surface area contributed by atoms with Crippen LogP contribution in [-0.2, 0) is 11.3 Å². The van der Waals surface area contributed by atoms with Gasteiger partial charge in [-0.2, -0.15) is 0 Å². The summed E-state index contributed by atoms with van der Waals surface area (Å²) in [5.74, 6) is 1.30. The fourth-order valence-electron chi connectivity index (χ4n) is 2.54. The van der Waals surface area contributed by atoms with E-state index in [1.807, 2.05) is 18.2 Å². The topological polar surface area (TPSA) is 74.8 Å². The summed E-state index contributed by atoms with van der Waals surface area (Å²) < 4.78 is 5.28. The first-order chi connectivity index (χ1) is 12.0. The van der Waals surface area contributed by atoms with Gasteiger partial charge in [-0.25, -0.2) is 0 Å². The van der Waals surface area contributed by atoms with Crippen LogP contribution in [0.5, 0.6) is 5.75 Å². The number of anilines is 1. The molecule has 26 heavy (non-hydrogen) atoms. The first kappa shape index (κ1) is 24.5. The number of amides is 1. The second kappa shape index (κ2) is 13.7. The van der Waals surface area contributed by atoms with Crippen LogP contribution in [0, 0.1) is 0 Å². The zero-order valence-electron chi connectivity index (χ0n) is 16.5. The van der Waals surface area contributed by atoms with Crippen LogP contribution >= 0.6 is 24.0 Å². The molecule has 1 rings (SSSR count). The zero-order chi connectivity index (χ0) is 18.7. The van der Waals surface area contributed by atoms with Crippen molar-refractivity contribution < 1.29 is 9.53 Å². The van der Waals surface area contributed by atoms with Crippen LogP contribution in [0.15, 0.2) is 23.2 Å². The van der Waals surface area contributed by atoms with Crippen LogP contribution in [0.3, 0.4) is 0 Å². The van der Waals surface area contributed by atoms with Crippen molar-refractivity contribution in [2.75, 3.05) is 19.5 Å². The van der Waals surface area contributed by atoms with Crippen LogP contribution in [0.25, 0.3) is 0 Å². The number of hydrogen-bond donors (Lipinski definition) is 3. The van der Waals surface area contributed by atoms with Crippen molar-refractivity contribution in [3.05, 3.63) is 23.8 Å². The largest absolute Gasteiger partial charge is 0.495 e. The van der Waals surface area contributed by atoms with Gasteiger partial charge in [0.05, 0.1) is 12.8 Å². The molecule has 6 nitrogen and oxygen atoms in total. The predicted molar refractivity (Wildman–Crippen MR) is 120 cm³/mol. The highest BCUT2D eigenvalue weighted by atomic mass is 127. The molecule has 0 spiro atoms. The highest BCUT2D eigenvalue weighted by Crippen LogP contribution is 2.25. The number of rotatable bonds is 9. The summed E-state index contributed by atoms with van der Waals surface area (Å²) in [6.45, 7) is 6.47. The molecule has 0 radical (unpaired) electrons. The third-order valence-corrected chi connectivity index (χ3v) is 3.88. The van der Waals surface area contributed by atoms with Crippen LogP contribution in [-0.4, -0.2) is 32.1 Å². The maximum Gasteiger partial charge on any atom is 0.221 e. The van der Waals surface area contributed by atoms with Crippen molar-refractivity contribution in [3.8, 4) is 5.75 Å². The Balaban J connectivity index is 0.00000625. The summed E-state index contributed by atoms with van der Waals surface area (Å²) in [5, 5.41) is 9.51. The van der Waals surface area contributed by atoms with Crippen molar-refractivity contribution in [1.82, 2.24) is 10.6 Å². The lowest BCUT2D eigenvalue weighted by Gasteiger charge is -2.18. The number of methoxy groups -OCH3 is 1. The number of guanidine groups is 1. The number of carbonyl (C=O) groups excluding carboxylic acids is 1. The van der Waals surface area contributed by atoms with Crippen molar-refractivity contribution in [2.45, 2.75) is 59.0 Å². The summed E-state index contributed by atoms with van der Waals surface area (Å²) in [6.07, 6.45) is 4.84. The number of hydrogen-bond acceptors (Lipinski definition) is 3. The quantitative estimate of drug-likeness (QED) is 0.219. The molecule has 0 aliphatic carbocycles. The van der Waals surface area contributed by atoms with E-state index in [1.165, 1.54) is 26.2 Å². The average molecular weight is 476 g/mol. The third-order valence-electron chi connectivity index (χ3n) is 3.88. The highest BCUT2D eigenvalue weighted by molar-refractivity contribution is 14.0. The van der Waals surface area contributed by atoms with Crippen molar-refractivity contribution in [3.63, 3.8) is 0 Å². The molecular weight excluding hydrogens is 443 g/mol. The average Bonchev–Trinajstić information content (AvgIpc) is 2.58. The molecule has 0 fully saturated rings. The molecule has 1 aromatic rings. The molecule has 1 unspecified atom stereocenters. The fourth-order valence-corrected chi connectivity index (χ4v) is 2.54. The molecule has 0 saturated carbocycles. The maximum atomic E-state index is 11.3. The van der Waals surface area contributed by atoms with Gasteiger partial charge in [0.15, 0.2) is 5.96 Å². The standard InChI is InChI=1S/C19H32N4O2.HI/c1-6-7-8-9-14(2)22-19(20-4)21-13-16-10-11-18(25-5)17(12-16)23-15(3)24;/h10-12,14H,6-9,13H2,1-5H3,(H,23,24)(H2,20,21,22);1H. The summed E-state index contributed by atoms with van der Waals surface area (Å²) in [6, 6.07) is 6.11. The molecule has 0 bridgehead atoms. The highest BCUT2D eigenvalue weighted by Gasteiger charge is 2.08. The predicted octanol–water partition coefficient (Wildman–Crippen LogP) is 3.91. The Hall–Kier alpha value is -1.51. The number of aliphatic imine (C=N–C) groups is 1. The lowest BCUT2D eigenvalue weighted by molar-refractivity contribution is -0.114. The first-order valence-corrected chi connectivity index (χ1v) is 8.91. The Morgan fingerprint density at radius 1 is 1.31 bits per heavy atom. The van der Waals surface area contributed by atoms with E-state index in [0.717, 1.165) is 17.9 Å². The Morgan fingerprint density at radius 2 is 2.04 bits per heavy atom. The fraction of sp³-hybridized carbons (Fsp3) is 0.579. The molecule has 1 atom stereocenters. The number of nitrogens with one attached hydrogen (secondary N) is 3. The molecule has 0 aliphatic heterocycles. The third kappa shape index (κ3) is 9.26. The Labute approximate surface area is 174 Å². The minimum absolute atomic E-state index is 0. The van der Waals surface area contributed by atoms with Gasteiger partial charge < -0.3 is 20.7 Å². The van der Waals surface area contributed by atoms with E-state index < -0.39 is 0 Å². The molecule has 1 aromatic carbocycles. The summed E-state index contributed by atoms with van der Waals surface area (Å²) in [7, 11) is 3.36. The SMILES string of the molecule is CCCCCC(C)NC(=NC)NCc1ccc(OC)c(NC(C)=O)c1.I. The van der Waals surface area contributed by atoms with Crippen molar-refractivity contribution in [1.29, 1.82) is 0 Å². The molecule has 1 amide bonds. The van der Waals surface area contributed by atoms with Gasteiger partial charge in [-0.05, 0) is 31.0 Å². The zero-order valence-corrected chi connectivity index (χ0v) is 18.8. The van der Waals surface area contributed by atoms with Crippen LogP contribution < -0.4 is 20.7 Å². The van der Waals surface area contributed by atoms with E-state index >= 15 is 0 Å². The van der Waals surface area contributed by atoms with Gasteiger partial charge in [-0.3, -0.25) is 9.79 Å². The number of carbonyl (C=O) groups is 1. The Morgan fingerprint density at radius 3 is 2.62 bits per heavy atom. The minimum atomic E-state index is -0.123. The maximum absolute atomic E-state index is 11.3. The van der Waals surface area contributed by atoms with Gasteiger partial charge in [0, 0.05) is 26.6 Å². The van der Waals surface area contributed by atoms with E-state index in [2.05, 4.69) is 34.8 Å². The number of benzene rings is 1. The number of unbranched alkanes of at least 4 members (excludes halogenated alkanes) is 2. The number of nitrogens with zero attached hydrogens (tertiary/aromatic N) is 1. The van der Waals surface area contributed by atoms with Gasteiger partial charge in [0.2, 0.25) is 5.91 Å². The number of ether oxygens (including phenoxy) is 1. The molecule has 3 N–H and O–H groups in total. The second-order valence-corrected chi connectivity index (χ2v) is 6.18. The van der Waals surface area contributed by atoms with E-state index in [1.54, 1.807) is 14.2 Å². The van der Waals surface area contributed by atoms with E-state index in [9.17, 15) is 4.79 Å². The molecule has 0 aromatic heterocycles. The van der Waals surface area contributed by atoms with Gasteiger partial charge in [0.1, 0.15) is 5.75 Å². The lowest BCUT2D eigenvalue weighted by atomic mass is 10.1. The van der Waals surface area contributed by atoms with Gasteiger partial charge in [-0.15, -0.1) is 24.0 Å². The van der Waals surface area contributed by atoms with Gasteiger partial charge in [-0.1, -0.05) is 32.3 Å². The lowest BCUT2D eigenvalue weighted by Crippen LogP contribution is -2.41. The summed E-state index contributed by atoms with van der Waals surface area (Å²) in [4.78, 5) is 15.6. The Kier molecular flexibility index (Phi) is 12.9. The molecule has 148 valence electrons. The minimum Gasteiger partial charge on any atom is -0.495 e. The van der Waals surface area contributed by atoms with Crippen LogP contribution in [0.2, 0.25) is 0 Å².